The predicted octanol–water partition coefficient (Wildman–Crippen LogP) is 3.18. The van der Waals surface area contributed by atoms with Crippen LogP contribution >= 0.6 is 0 Å². The fourth-order valence-corrected chi connectivity index (χ4v) is 5.33. The molecule has 0 aliphatic carbocycles. The number of benzene rings is 1. The lowest BCUT2D eigenvalue weighted by molar-refractivity contribution is 0.00152. The summed E-state index contributed by atoms with van der Waals surface area (Å²) < 4.78 is 54.6. The number of nitrogens with one attached hydrogen (secondary N) is 1. The van der Waals surface area contributed by atoms with Crippen molar-refractivity contribution < 1.29 is 27.4 Å². The van der Waals surface area contributed by atoms with Crippen LogP contribution in [0.3, 0.4) is 0 Å². The number of anilines is 1. The first-order valence-electron chi connectivity index (χ1n) is 12.4. The molecule has 1 aliphatic rings. The molecule has 0 spiro atoms. The molecule has 0 bridgehead atoms. The summed E-state index contributed by atoms with van der Waals surface area (Å²) >= 11 is 0. The molecule has 1 aliphatic heterocycles. The highest BCUT2D eigenvalue weighted by atomic mass is 32.2. The van der Waals surface area contributed by atoms with Crippen LogP contribution in [-0.4, -0.2) is 71.9 Å². The van der Waals surface area contributed by atoms with Crippen molar-refractivity contribution in [3.05, 3.63) is 47.8 Å². The van der Waals surface area contributed by atoms with Crippen molar-refractivity contribution in [2.75, 3.05) is 32.2 Å². The Kier molecular flexibility index (Phi) is 8.48. The van der Waals surface area contributed by atoms with Crippen LogP contribution in [0.15, 0.2) is 30.6 Å². The van der Waals surface area contributed by atoms with E-state index in [0.29, 0.717) is 42.6 Å². The van der Waals surface area contributed by atoms with Gasteiger partial charge in [0.1, 0.15) is 34.4 Å². The van der Waals surface area contributed by atoms with Crippen LogP contribution in [0.5, 0.6) is 11.5 Å². The third-order valence-corrected chi connectivity index (χ3v) is 7.93. The molecule has 1 saturated heterocycles. The third kappa shape index (κ3) is 5.74. The minimum atomic E-state index is -4.09. The maximum absolute atomic E-state index is 13.8. The molecule has 2 aromatic heterocycles. The number of aryl methyl sites for hydroxylation is 1. The van der Waals surface area contributed by atoms with Crippen LogP contribution < -0.4 is 14.2 Å². The van der Waals surface area contributed by atoms with E-state index in [4.69, 9.17) is 18.9 Å². The van der Waals surface area contributed by atoms with Crippen LogP contribution in [0.1, 0.15) is 56.4 Å². The quantitative estimate of drug-likeness (QED) is 0.381. The number of nitrogens with zero attached hydrogens (tertiary/aromatic N) is 5. The zero-order valence-electron chi connectivity index (χ0n) is 22.4. The molecule has 1 aromatic carbocycles. The molecule has 12 nitrogen and oxygen atoms in total. The van der Waals surface area contributed by atoms with E-state index in [1.54, 1.807) is 42.1 Å². The van der Waals surface area contributed by atoms with Gasteiger partial charge in [-0.2, -0.15) is 0 Å². The smallest absolute Gasteiger partial charge is 0.243 e. The van der Waals surface area contributed by atoms with Gasteiger partial charge in [0.15, 0.2) is 5.82 Å². The lowest BCUT2D eigenvalue weighted by Crippen LogP contribution is -2.35. The van der Waals surface area contributed by atoms with Crippen LogP contribution in [0.4, 0.5) is 5.95 Å². The molecule has 0 saturated carbocycles. The molecule has 1 fully saturated rings. The van der Waals surface area contributed by atoms with E-state index in [0.717, 1.165) is 5.56 Å². The van der Waals surface area contributed by atoms with Gasteiger partial charge >= 0.3 is 0 Å². The molecule has 3 atom stereocenters. The Hall–Kier alpha value is -3.29. The number of sulfonamides is 1. The Morgan fingerprint density at radius 3 is 2.29 bits per heavy atom. The van der Waals surface area contributed by atoms with Crippen molar-refractivity contribution >= 4 is 16.0 Å². The van der Waals surface area contributed by atoms with E-state index in [9.17, 15) is 8.42 Å². The number of hydrogen-bond donors (Lipinski definition) is 1. The minimum Gasteiger partial charge on any atom is -0.494 e. The molecule has 206 valence electrons. The van der Waals surface area contributed by atoms with Crippen molar-refractivity contribution in [3.8, 4) is 17.2 Å². The Bertz CT molecular complexity index is 1320. The maximum Gasteiger partial charge on any atom is 0.243 e. The second-order valence-electron chi connectivity index (χ2n) is 9.37. The second kappa shape index (κ2) is 11.6. The third-order valence-electron chi connectivity index (χ3n) is 6.23. The Labute approximate surface area is 222 Å². The van der Waals surface area contributed by atoms with Gasteiger partial charge in [0, 0.05) is 24.9 Å². The van der Waals surface area contributed by atoms with Crippen molar-refractivity contribution in [1.29, 1.82) is 0 Å². The number of rotatable bonds is 11. The summed E-state index contributed by atoms with van der Waals surface area (Å²) in [5.74, 6) is 1.64. The molecule has 0 amide bonds. The van der Waals surface area contributed by atoms with E-state index >= 15 is 0 Å². The molecular weight excluding hydrogens is 512 g/mol. The van der Waals surface area contributed by atoms with Gasteiger partial charge in [-0.1, -0.05) is 6.07 Å². The summed E-state index contributed by atoms with van der Waals surface area (Å²) in [6.07, 6.45) is 2.79. The van der Waals surface area contributed by atoms with Gasteiger partial charge in [0.05, 0.1) is 26.9 Å². The molecule has 3 aromatic rings. The van der Waals surface area contributed by atoms with Gasteiger partial charge in [-0.05, 0) is 51.8 Å². The topological polar surface area (TPSA) is 140 Å². The van der Waals surface area contributed by atoms with E-state index in [1.165, 1.54) is 14.2 Å². The average molecular weight is 547 g/mol. The Morgan fingerprint density at radius 2 is 1.74 bits per heavy atom. The molecule has 0 radical (unpaired) electrons. The van der Waals surface area contributed by atoms with Gasteiger partial charge in [-0.15, -0.1) is 10.2 Å². The number of hydrogen-bond acceptors (Lipinski definition) is 10. The van der Waals surface area contributed by atoms with Gasteiger partial charge in [-0.25, -0.2) is 18.4 Å². The summed E-state index contributed by atoms with van der Waals surface area (Å²) in [7, 11) is -1.03. The van der Waals surface area contributed by atoms with E-state index in [1.807, 2.05) is 20.8 Å². The van der Waals surface area contributed by atoms with Crippen molar-refractivity contribution in [2.24, 2.45) is 0 Å². The van der Waals surface area contributed by atoms with Gasteiger partial charge in [-0.3, -0.25) is 9.29 Å². The lowest BCUT2D eigenvalue weighted by Gasteiger charge is -2.25. The van der Waals surface area contributed by atoms with E-state index in [2.05, 4.69) is 24.9 Å². The predicted molar refractivity (Wildman–Crippen MR) is 140 cm³/mol. The van der Waals surface area contributed by atoms with Gasteiger partial charge in [0.2, 0.25) is 16.0 Å². The number of para-hydroxylation sites is 1. The summed E-state index contributed by atoms with van der Waals surface area (Å²) in [4.78, 5) is 8.66. The number of methoxy groups -OCH3 is 2. The normalized spacial score (nSPS) is 17.4. The average Bonchev–Trinajstić information content (AvgIpc) is 3.56. The fraction of sp³-hybridized carbons (Fsp3) is 0.520. The zero-order chi connectivity index (χ0) is 27.4. The minimum absolute atomic E-state index is 0.00493. The van der Waals surface area contributed by atoms with Crippen molar-refractivity contribution in [2.45, 2.75) is 57.5 Å². The summed E-state index contributed by atoms with van der Waals surface area (Å²) in [6, 6.07) is 5.30. The second-order valence-corrected chi connectivity index (χ2v) is 11.4. The summed E-state index contributed by atoms with van der Waals surface area (Å²) in [6.45, 7) is 8.07. The molecule has 4 rings (SSSR count). The van der Waals surface area contributed by atoms with E-state index < -0.39 is 21.4 Å². The lowest BCUT2D eigenvalue weighted by atomic mass is 10.1. The summed E-state index contributed by atoms with van der Waals surface area (Å²) in [5.41, 5.74) is 1.33. The van der Waals surface area contributed by atoms with Crippen molar-refractivity contribution in [1.82, 2.24) is 24.7 Å². The molecule has 38 heavy (non-hydrogen) atoms. The molecule has 13 heteroatoms. The maximum atomic E-state index is 13.8. The molecule has 1 N–H and O–H groups in total. The van der Waals surface area contributed by atoms with Crippen LogP contribution in [0, 0.1) is 6.92 Å². The number of aromatic nitrogens is 5. The highest BCUT2D eigenvalue weighted by Gasteiger charge is 2.37. The highest BCUT2D eigenvalue weighted by Crippen LogP contribution is 2.38. The SMILES string of the molecule is COc1cccc(OC)c1-n1c(NS(=O)(=O)C(C)C(OC(C)C)c2ncc(C)cn2)nnc1[C@H]1CCOC1. The Morgan fingerprint density at radius 1 is 1.08 bits per heavy atom. The highest BCUT2D eigenvalue weighted by molar-refractivity contribution is 7.93. The number of ether oxygens (including phenoxy) is 4. The first-order chi connectivity index (χ1) is 18.2. The largest absolute Gasteiger partial charge is 0.494 e. The van der Waals surface area contributed by atoms with Crippen molar-refractivity contribution in [3.63, 3.8) is 0 Å². The van der Waals surface area contributed by atoms with Crippen LogP contribution in [-0.2, 0) is 19.5 Å². The monoisotopic (exact) mass is 546 g/mol. The van der Waals surface area contributed by atoms with Gasteiger partial charge < -0.3 is 18.9 Å². The van der Waals surface area contributed by atoms with Crippen LogP contribution in [0.25, 0.3) is 5.69 Å². The summed E-state index contributed by atoms with van der Waals surface area (Å²) in [5, 5.41) is 7.54. The Balaban J connectivity index is 1.78. The molecule has 3 heterocycles. The molecule has 2 unspecified atom stereocenters. The van der Waals surface area contributed by atoms with Crippen LogP contribution in [0.2, 0.25) is 0 Å². The first-order valence-corrected chi connectivity index (χ1v) is 13.9. The molecular formula is C25H34N6O6S. The zero-order valence-corrected chi connectivity index (χ0v) is 23.2. The van der Waals surface area contributed by atoms with Gasteiger partial charge in [0.25, 0.3) is 0 Å². The standard InChI is InChI=1S/C25H34N6O6S/c1-15(2)37-22(23-26-12-16(3)13-27-23)17(4)38(32,33)30-25-29-28-24(18-10-11-36-14-18)31(25)21-19(34-5)8-7-9-20(21)35-6/h7-9,12-13,15,17-18,22H,10-11,14H2,1-6H3,(H,29,30)/t17?,18-,22?/m0/s1. The first kappa shape index (κ1) is 27.7. The fourth-order valence-electron chi connectivity index (χ4n) is 4.24. The van der Waals surface area contributed by atoms with E-state index in [-0.39, 0.29) is 23.8 Å².